The molecule has 0 fully saturated rings. The Kier molecular flexibility index (Phi) is 7.01. The van der Waals surface area contributed by atoms with Crippen molar-refractivity contribution in [1.82, 2.24) is 0 Å². The highest BCUT2D eigenvalue weighted by atomic mass is 28.3. The van der Waals surface area contributed by atoms with Gasteiger partial charge in [0, 0.05) is 14.5 Å². The molecule has 0 radical (unpaired) electrons. The van der Waals surface area contributed by atoms with Gasteiger partial charge in [0.25, 0.3) is 0 Å². The maximum atomic E-state index is 5.34. The molecular formula is C13H26Si. The van der Waals surface area contributed by atoms with Gasteiger partial charge in [-0.2, -0.15) is 0 Å². The lowest BCUT2D eigenvalue weighted by molar-refractivity contribution is 0.599. The zero-order valence-corrected chi connectivity index (χ0v) is 11.4. The summed E-state index contributed by atoms with van der Waals surface area (Å²) in [7, 11) is -0.969. The number of hydrogen-bond donors (Lipinski definition) is 0. The Bertz CT molecular complexity index is 171. The fourth-order valence-corrected chi connectivity index (χ4v) is 3.99. The maximum Gasteiger partial charge on any atom is 0.0474 e. The summed E-state index contributed by atoms with van der Waals surface area (Å²) in [6.07, 6.45) is 13.1. The topological polar surface area (TPSA) is 0 Å². The van der Waals surface area contributed by atoms with Gasteiger partial charge >= 0.3 is 0 Å². The number of terminal acetylenes is 1. The minimum absolute atomic E-state index is 0.935. The van der Waals surface area contributed by atoms with E-state index in [-0.39, 0.29) is 0 Å². The SMILES string of the molecule is C#CCCC(CCCCC)[Si](C)(C)C. The van der Waals surface area contributed by atoms with Crippen LogP contribution in [-0.2, 0) is 0 Å². The van der Waals surface area contributed by atoms with Crippen LogP contribution in [0, 0.1) is 12.3 Å². The van der Waals surface area contributed by atoms with E-state index in [2.05, 4.69) is 32.5 Å². The molecular weight excluding hydrogens is 184 g/mol. The Morgan fingerprint density at radius 3 is 2.21 bits per heavy atom. The molecule has 0 N–H and O–H groups in total. The summed E-state index contributed by atoms with van der Waals surface area (Å²) in [5, 5.41) is 0. The van der Waals surface area contributed by atoms with Crippen molar-refractivity contribution >= 4 is 8.07 Å². The Labute approximate surface area is 91.5 Å². The third-order valence-electron chi connectivity index (χ3n) is 3.02. The first-order valence-corrected chi connectivity index (χ1v) is 9.53. The summed E-state index contributed by atoms with van der Waals surface area (Å²) in [5.74, 6) is 2.78. The lowest BCUT2D eigenvalue weighted by Crippen LogP contribution is -2.28. The van der Waals surface area contributed by atoms with Gasteiger partial charge in [0.05, 0.1) is 0 Å². The minimum atomic E-state index is -0.969. The molecule has 0 spiro atoms. The summed E-state index contributed by atoms with van der Waals surface area (Å²) >= 11 is 0. The quantitative estimate of drug-likeness (QED) is 0.325. The van der Waals surface area contributed by atoms with Crippen molar-refractivity contribution in [1.29, 1.82) is 0 Å². The molecule has 0 bridgehead atoms. The van der Waals surface area contributed by atoms with E-state index in [4.69, 9.17) is 6.42 Å². The smallest absolute Gasteiger partial charge is 0.0474 e. The summed E-state index contributed by atoms with van der Waals surface area (Å²) in [5.41, 5.74) is 0.935. The lowest BCUT2D eigenvalue weighted by atomic mass is 10.1. The van der Waals surface area contributed by atoms with Crippen molar-refractivity contribution in [3.05, 3.63) is 0 Å². The molecule has 0 aromatic heterocycles. The van der Waals surface area contributed by atoms with Crippen molar-refractivity contribution < 1.29 is 0 Å². The Morgan fingerprint density at radius 2 is 1.79 bits per heavy atom. The van der Waals surface area contributed by atoms with Gasteiger partial charge in [-0.1, -0.05) is 52.2 Å². The van der Waals surface area contributed by atoms with Crippen LogP contribution in [-0.4, -0.2) is 8.07 Å². The molecule has 0 nitrogen and oxygen atoms in total. The van der Waals surface area contributed by atoms with Crippen molar-refractivity contribution in [2.24, 2.45) is 0 Å². The fourth-order valence-electron chi connectivity index (χ4n) is 1.91. The molecule has 1 unspecified atom stereocenters. The Morgan fingerprint density at radius 1 is 1.14 bits per heavy atom. The van der Waals surface area contributed by atoms with Crippen molar-refractivity contribution in [3.63, 3.8) is 0 Å². The summed E-state index contributed by atoms with van der Waals surface area (Å²) in [4.78, 5) is 0. The van der Waals surface area contributed by atoms with Crippen molar-refractivity contribution in [3.8, 4) is 12.3 Å². The van der Waals surface area contributed by atoms with E-state index in [9.17, 15) is 0 Å². The van der Waals surface area contributed by atoms with Crippen LogP contribution in [0.1, 0.15) is 45.4 Å². The number of hydrogen-bond acceptors (Lipinski definition) is 0. The molecule has 0 heterocycles. The molecule has 0 saturated carbocycles. The normalized spacial score (nSPS) is 13.6. The molecule has 0 saturated heterocycles. The van der Waals surface area contributed by atoms with Gasteiger partial charge in [-0.15, -0.1) is 12.3 Å². The third kappa shape index (κ3) is 6.26. The van der Waals surface area contributed by atoms with E-state index < -0.39 is 8.07 Å². The first-order valence-electron chi connectivity index (χ1n) is 5.95. The second kappa shape index (κ2) is 7.12. The van der Waals surface area contributed by atoms with Crippen LogP contribution in [0.2, 0.25) is 25.2 Å². The average Bonchev–Trinajstić information content (AvgIpc) is 2.09. The van der Waals surface area contributed by atoms with Crippen LogP contribution in [0.3, 0.4) is 0 Å². The number of rotatable bonds is 7. The predicted octanol–water partition coefficient (Wildman–Crippen LogP) is 4.69. The second-order valence-corrected chi connectivity index (χ2v) is 10.9. The monoisotopic (exact) mass is 210 g/mol. The van der Waals surface area contributed by atoms with Crippen LogP contribution in [0.25, 0.3) is 0 Å². The van der Waals surface area contributed by atoms with Gasteiger partial charge in [0.1, 0.15) is 0 Å². The van der Waals surface area contributed by atoms with E-state index in [1.807, 2.05) is 0 Å². The molecule has 14 heavy (non-hydrogen) atoms. The predicted molar refractivity (Wildman–Crippen MR) is 69.3 cm³/mol. The summed E-state index contributed by atoms with van der Waals surface area (Å²) < 4.78 is 0. The van der Waals surface area contributed by atoms with Gasteiger partial charge in [0.2, 0.25) is 0 Å². The molecule has 0 aliphatic carbocycles. The fraction of sp³-hybridized carbons (Fsp3) is 0.846. The Hall–Kier alpha value is -0.223. The molecule has 0 aromatic rings. The van der Waals surface area contributed by atoms with E-state index in [0.717, 1.165) is 12.0 Å². The Balaban J connectivity index is 3.93. The highest BCUT2D eigenvalue weighted by Crippen LogP contribution is 2.31. The van der Waals surface area contributed by atoms with Gasteiger partial charge in [0.15, 0.2) is 0 Å². The van der Waals surface area contributed by atoms with Crippen LogP contribution in [0.4, 0.5) is 0 Å². The molecule has 0 aliphatic rings. The van der Waals surface area contributed by atoms with E-state index in [1.165, 1.54) is 32.1 Å². The summed E-state index contributed by atoms with van der Waals surface area (Å²) in [6.45, 7) is 9.69. The molecule has 1 atom stereocenters. The van der Waals surface area contributed by atoms with E-state index >= 15 is 0 Å². The van der Waals surface area contributed by atoms with Crippen LogP contribution in [0.5, 0.6) is 0 Å². The zero-order valence-electron chi connectivity index (χ0n) is 10.4. The van der Waals surface area contributed by atoms with E-state index in [0.29, 0.717) is 0 Å². The maximum absolute atomic E-state index is 5.34. The average molecular weight is 210 g/mol. The van der Waals surface area contributed by atoms with E-state index in [1.54, 1.807) is 0 Å². The van der Waals surface area contributed by atoms with Crippen molar-refractivity contribution in [2.45, 2.75) is 70.6 Å². The molecule has 82 valence electrons. The summed E-state index contributed by atoms with van der Waals surface area (Å²) in [6, 6.07) is 0. The van der Waals surface area contributed by atoms with Gasteiger partial charge in [-0.25, -0.2) is 0 Å². The second-order valence-electron chi connectivity index (χ2n) is 5.30. The molecule has 0 rings (SSSR count). The first-order chi connectivity index (χ1) is 6.52. The first kappa shape index (κ1) is 13.8. The lowest BCUT2D eigenvalue weighted by Gasteiger charge is -2.28. The van der Waals surface area contributed by atoms with Gasteiger partial charge in [-0.05, 0) is 12.0 Å². The highest BCUT2D eigenvalue weighted by Gasteiger charge is 2.25. The molecule has 0 aromatic carbocycles. The van der Waals surface area contributed by atoms with Gasteiger partial charge in [-0.3, -0.25) is 0 Å². The van der Waals surface area contributed by atoms with Crippen LogP contribution < -0.4 is 0 Å². The molecule has 1 heteroatoms. The largest absolute Gasteiger partial charge is 0.120 e. The molecule has 0 amide bonds. The highest BCUT2D eigenvalue weighted by molar-refractivity contribution is 6.77. The van der Waals surface area contributed by atoms with Crippen molar-refractivity contribution in [2.75, 3.05) is 0 Å². The van der Waals surface area contributed by atoms with Crippen LogP contribution in [0.15, 0.2) is 0 Å². The standard InChI is InChI=1S/C13H26Si/c1-6-8-10-12-13(11-9-7-2)14(3,4)5/h2,13H,6,8-12H2,1,3-5H3. The minimum Gasteiger partial charge on any atom is -0.120 e. The number of unbranched alkanes of at least 4 members (excludes halogenated alkanes) is 2. The zero-order chi connectivity index (χ0) is 11.0. The molecule has 0 aliphatic heterocycles. The van der Waals surface area contributed by atoms with Gasteiger partial charge < -0.3 is 0 Å². The third-order valence-corrected chi connectivity index (χ3v) is 6.04. The van der Waals surface area contributed by atoms with Crippen LogP contribution >= 0.6 is 0 Å².